The maximum absolute atomic E-state index is 12.0. The van der Waals surface area contributed by atoms with Crippen LogP contribution in [0.5, 0.6) is 0 Å². The SMILES string of the molecule is CC(C)CCCNC(=O)Cn1c(=O)[nH]c(=O)c2ccccc21. The van der Waals surface area contributed by atoms with Gasteiger partial charge in [0.1, 0.15) is 6.54 Å². The van der Waals surface area contributed by atoms with Crippen molar-refractivity contribution in [2.45, 2.75) is 33.2 Å². The van der Waals surface area contributed by atoms with Crippen LogP contribution in [0.1, 0.15) is 26.7 Å². The molecule has 0 unspecified atom stereocenters. The van der Waals surface area contributed by atoms with Gasteiger partial charge in [0, 0.05) is 6.54 Å². The lowest BCUT2D eigenvalue weighted by Crippen LogP contribution is -2.36. The zero-order valence-electron chi connectivity index (χ0n) is 12.9. The second-order valence-corrected chi connectivity index (χ2v) is 5.75. The van der Waals surface area contributed by atoms with Crippen molar-refractivity contribution in [3.8, 4) is 0 Å². The van der Waals surface area contributed by atoms with Gasteiger partial charge >= 0.3 is 5.69 Å². The van der Waals surface area contributed by atoms with Crippen LogP contribution in [0.25, 0.3) is 10.9 Å². The smallest absolute Gasteiger partial charge is 0.329 e. The molecule has 0 saturated carbocycles. The van der Waals surface area contributed by atoms with Gasteiger partial charge in [-0.25, -0.2) is 4.79 Å². The normalized spacial score (nSPS) is 11.0. The maximum atomic E-state index is 12.0. The molecule has 1 heterocycles. The monoisotopic (exact) mass is 303 g/mol. The number of rotatable bonds is 6. The summed E-state index contributed by atoms with van der Waals surface area (Å²) in [6.07, 6.45) is 1.95. The van der Waals surface area contributed by atoms with Crippen LogP contribution in [0.2, 0.25) is 0 Å². The molecule has 0 spiro atoms. The average molecular weight is 303 g/mol. The van der Waals surface area contributed by atoms with Crippen LogP contribution in [0.15, 0.2) is 33.9 Å². The molecule has 2 N–H and O–H groups in total. The second-order valence-electron chi connectivity index (χ2n) is 5.75. The second kappa shape index (κ2) is 7.06. The molecule has 0 aliphatic heterocycles. The quantitative estimate of drug-likeness (QED) is 0.788. The van der Waals surface area contributed by atoms with Crippen molar-refractivity contribution in [1.82, 2.24) is 14.9 Å². The van der Waals surface area contributed by atoms with Gasteiger partial charge in [0.15, 0.2) is 0 Å². The number of hydrogen-bond donors (Lipinski definition) is 2. The minimum Gasteiger partial charge on any atom is -0.355 e. The summed E-state index contributed by atoms with van der Waals surface area (Å²) in [6, 6.07) is 6.75. The van der Waals surface area contributed by atoms with Crippen LogP contribution < -0.4 is 16.6 Å². The van der Waals surface area contributed by atoms with Gasteiger partial charge in [-0.3, -0.25) is 19.1 Å². The summed E-state index contributed by atoms with van der Waals surface area (Å²) in [6.45, 7) is 4.76. The Hall–Kier alpha value is -2.37. The van der Waals surface area contributed by atoms with Crippen molar-refractivity contribution in [2.24, 2.45) is 5.92 Å². The van der Waals surface area contributed by atoms with Crippen LogP contribution in [-0.2, 0) is 11.3 Å². The molecule has 1 aromatic heterocycles. The molecule has 118 valence electrons. The van der Waals surface area contributed by atoms with Gasteiger partial charge in [-0.05, 0) is 30.9 Å². The average Bonchev–Trinajstić information content (AvgIpc) is 2.48. The number of H-pyrrole nitrogens is 1. The van der Waals surface area contributed by atoms with Crippen molar-refractivity contribution in [2.75, 3.05) is 6.54 Å². The Morgan fingerprint density at radius 2 is 2.00 bits per heavy atom. The fourth-order valence-corrected chi connectivity index (χ4v) is 2.34. The molecule has 6 heteroatoms. The Bertz CT molecular complexity index is 774. The van der Waals surface area contributed by atoms with Gasteiger partial charge in [0.25, 0.3) is 5.56 Å². The molecule has 2 rings (SSSR count). The number of aromatic nitrogens is 2. The Kier molecular flexibility index (Phi) is 5.14. The van der Waals surface area contributed by atoms with Crippen molar-refractivity contribution < 1.29 is 4.79 Å². The molecule has 0 bridgehead atoms. The number of benzene rings is 1. The van der Waals surface area contributed by atoms with Crippen LogP contribution in [-0.4, -0.2) is 22.0 Å². The predicted molar refractivity (Wildman–Crippen MR) is 85.9 cm³/mol. The highest BCUT2D eigenvalue weighted by Crippen LogP contribution is 2.06. The number of para-hydroxylation sites is 1. The Morgan fingerprint density at radius 3 is 2.73 bits per heavy atom. The number of hydrogen-bond acceptors (Lipinski definition) is 3. The van der Waals surface area contributed by atoms with Crippen molar-refractivity contribution in [3.05, 3.63) is 45.1 Å². The molecular weight excluding hydrogens is 282 g/mol. The van der Waals surface area contributed by atoms with E-state index in [-0.39, 0.29) is 12.5 Å². The van der Waals surface area contributed by atoms with E-state index in [4.69, 9.17) is 0 Å². The molecule has 1 aromatic carbocycles. The molecule has 22 heavy (non-hydrogen) atoms. The molecule has 0 fully saturated rings. The molecule has 0 aliphatic carbocycles. The van der Waals surface area contributed by atoms with E-state index >= 15 is 0 Å². The lowest BCUT2D eigenvalue weighted by Gasteiger charge is -2.10. The van der Waals surface area contributed by atoms with Crippen LogP contribution in [0, 0.1) is 5.92 Å². The largest absolute Gasteiger partial charge is 0.355 e. The third-order valence-corrected chi connectivity index (χ3v) is 3.49. The van der Waals surface area contributed by atoms with E-state index < -0.39 is 11.2 Å². The summed E-state index contributed by atoms with van der Waals surface area (Å²) in [5, 5.41) is 3.20. The predicted octanol–water partition coefficient (Wildman–Crippen LogP) is 1.24. The Morgan fingerprint density at radius 1 is 1.27 bits per heavy atom. The van der Waals surface area contributed by atoms with E-state index in [0.29, 0.717) is 23.4 Å². The van der Waals surface area contributed by atoms with Crippen LogP contribution in [0.4, 0.5) is 0 Å². The summed E-state index contributed by atoms with van der Waals surface area (Å²) in [4.78, 5) is 37.9. The van der Waals surface area contributed by atoms with Gasteiger partial charge in [-0.2, -0.15) is 0 Å². The van der Waals surface area contributed by atoms with Gasteiger partial charge < -0.3 is 5.32 Å². The fourth-order valence-electron chi connectivity index (χ4n) is 2.34. The first-order chi connectivity index (χ1) is 10.5. The summed E-state index contributed by atoms with van der Waals surface area (Å²) >= 11 is 0. The maximum Gasteiger partial charge on any atom is 0.329 e. The topological polar surface area (TPSA) is 84.0 Å². The third kappa shape index (κ3) is 3.84. The lowest BCUT2D eigenvalue weighted by molar-refractivity contribution is -0.121. The Balaban J connectivity index is 2.13. The minimum atomic E-state index is -0.568. The van der Waals surface area contributed by atoms with E-state index in [1.54, 1.807) is 24.3 Å². The van der Waals surface area contributed by atoms with Gasteiger partial charge in [0.05, 0.1) is 10.9 Å². The first-order valence-corrected chi connectivity index (χ1v) is 7.47. The fraction of sp³-hybridized carbons (Fsp3) is 0.438. The molecule has 1 amide bonds. The number of nitrogens with zero attached hydrogens (tertiary/aromatic N) is 1. The van der Waals surface area contributed by atoms with E-state index in [0.717, 1.165) is 12.8 Å². The molecule has 2 aromatic rings. The zero-order chi connectivity index (χ0) is 16.1. The number of aromatic amines is 1. The number of fused-ring (bicyclic) bond motifs is 1. The van der Waals surface area contributed by atoms with Crippen molar-refractivity contribution in [3.63, 3.8) is 0 Å². The van der Waals surface area contributed by atoms with E-state index in [1.165, 1.54) is 4.57 Å². The van der Waals surface area contributed by atoms with Crippen molar-refractivity contribution in [1.29, 1.82) is 0 Å². The van der Waals surface area contributed by atoms with Crippen molar-refractivity contribution >= 4 is 16.8 Å². The van der Waals surface area contributed by atoms with Crippen LogP contribution >= 0.6 is 0 Å². The zero-order valence-corrected chi connectivity index (χ0v) is 12.9. The third-order valence-electron chi connectivity index (χ3n) is 3.49. The van der Waals surface area contributed by atoms with Gasteiger partial charge in [0.2, 0.25) is 5.91 Å². The highest BCUT2D eigenvalue weighted by Gasteiger charge is 2.10. The standard InChI is InChI=1S/C16H21N3O3/c1-11(2)6-5-9-17-14(20)10-19-13-8-4-3-7-12(13)15(21)18-16(19)22/h3-4,7-8,11H,5-6,9-10H2,1-2H3,(H,17,20)(H,18,21,22). The molecule has 0 atom stereocenters. The molecule has 0 aliphatic rings. The Labute approximate surface area is 128 Å². The number of carbonyl (C=O) groups is 1. The first-order valence-electron chi connectivity index (χ1n) is 7.47. The summed E-state index contributed by atoms with van der Waals surface area (Å²) in [5.41, 5.74) is -0.538. The number of amides is 1. The van der Waals surface area contributed by atoms with Gasteiger partial charge in [-0.15, -0.1) is 0 Å². The lowest BCUT2D eigenvalue weighted by atomic mass is 10.1. The van der Waals surface area contributed by atoms with E-state index in [1.807, 2.05) is 0 Å². The number of carbonyl (C=O) groups excluding carboxylic acids is 1. The first kappa shape index (κ1) is 16.0. The molecular formula is C16H21N3O3. The molecule has 0 radical (unpaired) electrons. The summed E-state index contributed by atoms with van der Waals surface area (Å²) in [5.74, 6) is 0.366. The summed E-state index contributed by atoms with van der Waals surface area (Å²) in [7, 11) is 0. The minimum absolute atomic E-state index is 0.0994. The number of nitrogens with one attached hydrogen (secondary N) is 2. The highest BCUT2D eigenvalue weighted by molar-refractivity contribution is 5.81. The van der Waals surface area contributed by atoms with Gasteiger partial charge in [-0.1, -0.05) is 26.0 Å². The van der Waals surface area contributed by atoms with Crippen LogP contribution in [0.3, 0.4) is 0 Å². The van der Waals surface area contributed by atoms with E-state index in [2.05, 4.69) is 24.1 Å². The highest BCUT2D eigenvalue weighted by atomic mass is 16.2. The molecule has 6 nitrogen and oxygen atoms in total. The molecule has 0 saturated heterocycles. The van der Waals surface area contributed by atoms with E-state index in [9.17, 15) is 14.4 Å². The summed E-state index contributed by atoms with van der Waals surface area (Å²) < 4.78 is 1.29.